The molecule has 1 saturated carbocycles. The third kappa shape index (κ3) is 3.37. The molecule has 3 aliphatic rings. The summed E-state index contributed by atoms with van der Waals surface area (Å²) in [5.74, 6) is 0. The summed E-state index contributed by atoms with van der Waals surface area (Å²) >= 11 is 0. The highest BCUT2D eigenvalue weighted by atomic mass is 16.2. The fraction of sp³-hybridized carbons (Fsp3) is 0.632. The molecule has 1 aromatic carbocycles. The first kappa shape index (κ1) is 15.0. The van der Waals surface area contributed by atoms with Gasteiger partial charge in [0.25, 0.3) is 0 Å². The average molecular weight is 313 g/mol. The minimum Gasteiger partial charge on any atom is -0.335 e. The lowest BCUT2D eigenvalue weighted by atomic mass is 9.81. The number of nitrogens with one attached hydrogen (secondary N) is 2. The summed E-state index contributed by atoms with van der Waals surface area (Å²) in [4.78, 5) is 15.1. The number of carbonyl (C=O) groups excluding carboxylic acids is 1. The van der Waals surface area contributed by atoms with Crippen molar-refractivity contribution in [3.8, 4) is 0 Å². The first-order chi connectivity index (χ1) is 11.2. The zero-order valence-corrected chi connectivity index (χ0v) is 13.9. The molecule has 0 unspecified atom stereocenters. The van der Waals surface area contributed by atoms with Crippen molar-refractivity contribution in [2.75, 3.05) is 5.32 Å². The van der Waals surface area contributed by atoms with Crippen molar-refractivity contribution in [3.63, 3.8) is 0 Å². The molecule has 2 amide bonds. The number of amides is 2. The standard InChI is InChI=1S/C19H27N3O/c1-13-5-7-14(8-6-13)20-19(23)21-15-11-17-3-2-4-18(12-15)22(17)16-9-10-16/h5-8,15-18H,2-4,9-12H2,1H3,(H2,20,21,23)/t17-,18-/m1/s1. The number of carbonyl (C=O) groups is 1. The van der Waals surface area contributed by atoms with Gasteiger partial charge in [-0.3, -0.25) is 4.90 Å². The molecule has 2 atom stereocenters. The van der Waals surface area contributed by atoms with Crippen LogP contribution in [0.2, 0.25) is 0 Å². The second-order valence-corrected chi connectivity index (χ2v) is 7.55. The number of hydrogen-bond acceptors (Lipinski definition) is 2. The second-order valence-electron chi connectivity index (χ2n) is 7.55. The Kier molecular flexibility index (Phi) is 4.02. The predicted octanol–water partition coefficient (Wildman–Crippen LogP) is 3.66. The van der Waals surface area contributed by atoms with Crippen LogP contribution in [0.25, 0.3) is 0 Å². The van der Waals surface area contributed by atoms with Crippen molar-refractivity contribution in [2.24, 2.45) is 0 Å². The molecule has 0 spiro atoms. The van der Waals surface area contributed by atoms with Gasteiger partial charge in [-0.2, -0.15) is 0 Å². The number of anilines is 1. The SMILES string of the molecule is Cc1ccc(NC(=O)NC2C[C@H]3CCC[C@H](C2)N3C2CC2)cc1. The number of urea groups is 1. The molecule has 0 radical (unpaired) electrons. The molecular formula is C19H27N3O. The largest absolute Gasteiger partial charge is 0.335 e. The molecule has 2 saturated heterocycles. The van der Waals surface area contributed by atoms with E-state index < -0.39 is 0 Å². The van der Waals surface area contributed by atoms with Gasteiger partial charge in [-0.25, -0.2) is 4.79 Å². The number of rotatable bonds is 3. The number of nitrogens with zero attached hydrogens (tertiary/aromatic N) is 1. The maximum absolute atomic E-state index is 12.3. The Morgan fingerprint density at radius 2 is 1.65 bits per heavy atom. The molecule has 2 bridgehead atoms. The molecule has 2 N–H and O–H groups in total. The van der Waals surface area contributed by atoms with Crippen LogP contribution in [0.1, 0.15) is 50.5 Å². The van der Waals surface area contributed by atoms with E-state index in [1.54, 1.807) is 0 Å². The van der Waals surface area contributed by atoms with Crippen LogP contribution >= 0.6 is 0 Å². The van der Waals surface area contributed by atoms with Gasteiger partial charge in [0.2, 0.25) is 0 Å². The molecule has 2 heterocycles. The molecule has 3 fully saturated rings. The lowest BCUT2D eigenvalue weighted by Crippen LogP contribution is -2.58. The zero-order chi connectivity index (χ0) is 15.8. The summed E-state index contributed by atoms with van der Waals surface area (Å²) in [6, 6.07) is 10.5. The smallest absolute Gasteiger partial charge is 0.319 e. The van der Waals surface area contributed by atoms with Gasteiger partial charge in [0, 0.05) is 29.9 Å². The minimum absolute atomic E-state index is 0.0585. The molecule has 4 nitrogen and oxygen atoms in total. The van der Waals surface area contributed by atoms with E-state index >= 15 is 0 Å². The van der Waals surface area contributed by atoms with Gasteiger partial charge in [-0.15, -0.1) is 0 Å². The fourth-order valence-electron chi connectivity index (χ4n) is 4.49. The van der Waals surface area contributed by atoms with E-state index in [9.17, 15) is 4.79 Å². The maximum atomic E-state index is 12.3. The van der Waals surface area contributed by atoms with Crippen LogP contribution in [0.4, 0.5) is 10.5 Å². The van der Waals surface area contributed by atoms with Crippen LogP contribution < -0.4 is 10.6 Å². The third-order valence-corrected chi connectivity index (χ3v) is 5.64. The average Bonchev–Trinajstić information content (AvgIpc) is 3.33. The molecule has 4 heteroatoms. The van der Waals surface area contributed by atoms with E-state index in [0.717, 1.165) is 24.6 Å². The Labute approximate surface area is 138 Å². The molecular weight excluding hydrogens is 286 g/mol. The topological polar surface area (TPSA) is 44.4 Å². The Morgan fingerprint density at radius 1 is 1.00 bits per heavy atom. The maximum Gasteiger partial charge on any atom is 0.319 e. The first-order valence-electron chi connectivity index (χ1n) is 9.10. The van der Waals surface area contributed by atoms with Gasteiger partial charge in [0.05, 0.1) is 0 Å². The third-order valence-electron chi connectivity index (χ3n) is 5.64. The lowest BCUT2D eigenvalue weighted by Gasteiger charge is -2.49. The molecule has 1 aromatic rings. The summed E-state index contributed by atoms with van der Waals surface area (Å²) in [5.41, 5.74) is 2.07. The van der Waals surface area contributed by atoms with Crippen molar-refractivity contribution in [2.45, 2.75) is 76.0 Å². The molecule has 1 aliphatic carbocycles. The van der Waals surface area contributed by atoms with E-state index in [0.29, 0.717) is 18.1 Å². The Morgan fingerprint density at radius 3 is 2.26 bits per heavy atom. The van der Waals surface area contributed by atoms with Crippen molar-refractivity contribution in [3.05, 3.63) is 29.8 Å². The predicted molar refractivity (Wildman–Crippen MR) is 92.6 cm³/mol. The normalized spacial score (nSPS) is 30.7. The van der Waals surface area contributed by atoms with Crippen LogP contribution in [0.5, 0.6) is 0 Å². The fourth-order valence-corrected chi connectivity index (χ4v) is 4.49. The van der Waals surface area contributed by atoms with Crippen molar-refractivity contribution in [1.29, 1.82) is 0 Å². The Bertz CT molecular complexity index is 552. The molecule has 4 rings (SSSR count). The summed E-state index contributed by atoms with van der Waals surface area (Å²) in [7, 11) is 0. The number of benzene rings is 1. The number of fused-ring (bicyclic) bond motifs is 2. The van der Waals surface area contributed by atoms with Crippen LogP contribution in [0, 0.1) is 6.92 Å². The first-order valence-corrected chi connectivity index (χ1v) is 9.10. The van der Waals surface area contributed by atoms with Gasteiger partial charge in [0.15, 0.2) is 0 Å². The molecule has 23 heavy (non-hydrogen) atoms. The number of hydrogen-bond donors (Lipinski definition) is 2. The molecule has 124 valence electrons. The second kappa shape index (κ2) is 6.16. The summed E-state index contributed by atoms with van der Waals surface area (Å²) in [6.07, 6.45) is 9.00. The lowest BCUT2D eigenvalue weighted by molar-refractivity contribution is 0.0198. The molecule has 0 aromatic heterocycles. The molecule has 2 aliphatic heterocycles. The number of aryl methyl sites for hydroxylation is 1. The minimum atomic E-state index is -0.0585. The summed E-state index contributed by atoms with van der Waals surface area (Å²) in [6.45, 7) is 2.05. The van der Waals surface area contributed by atoms with E-state index in [1.165, 1.54) is 37.7 Å². The van der Waals surface area contributed by atoms with Crippen molar-refractivity contribution in [1.82, 2.24) is 10.2 Å². The van der Waals surface area contributed by atoms with Gasteiger partial charge in [-0.05, 0) is 57.6 Å². The highest BCUT2D eigenvalue weighted by Gasteiger charge is 2.45. The van der Waals surface area contributed by atoms with Crippen LogP contribution in [-0.2, 0) is 0 Å². The quantitative estimate of drug-likeness (QED) is 0.894. The zero-order valence-electron chi connectivity index (χ0n) is 13.9. The van der Waals surface area contributed by atoms with Gasteiger partial charge < -0.3 is 10.6 Å². The van der Waals surface area contributed by atoms with Crippen LogP contribution in [-0.4, -0.2) is 35.1 Å². The van der Waals surface area contributed by atoms with Gasteiger partial charge in [0.1, 0.15) is 0 Å². The van der Waals surface area contributed by atoms with Crippen LogP contribution in [0.3, 0.4) is 0 Å². The van der Waals surface area contributed by atoms with Gasteiger partial charge in [-0.1, -0.05) is 24.1 Å². The number of piperidine rings is 2. The van der Waals surface area contributed by atoms with E-state index in [2.05, 4.69) is 22.5 Å². The summed E-state index contributed by atoms with van der Waals surface area (Å²) < 4.78 is 0. The highest BCUT2D eigenvalue weighted by molar-refractivity contribution is 5.89. The Hall–Kier alpha value is -1.55. The summed E-state index contributed by atoms with van der Waals surface area (Å²) in [5, 5.41) is 6.18. The van der Waals surface area contributed by atoms with Gasteiger partial charge >= 0.3 is 6.03 Å². The van der Waals surface area contributed by atoms with Crippen molar-refractivity contribution < 1.29 is 4.79 Å². The van der Waals surface area contributed by atoms with E-state index in [4.69, 9.17) is 0 Å². The Balaban J connectivity index is 1.34. The van der Waals surface area contributed by atoms with Crippen LogP contribution in [0.15, 0.2) is 24.3 Å². The van der Waals surface area contributed by atoms with E-state index in [-0.39, 0.29) is 6.03 Å². The van der Waals surface area contributed by atoms with Crippen molar-refractivity contribution >= 4 is 11.7 Å². The highest BCUT2D eigenvalue weighted by Crippen LogP contribution is 2.41. The van der Waals surface area contributed by atoms with E-state index in [1.807, 2.05) is 24.3 Å². The monoisotopic (exact) mass is 313 g/mol.